The molecule has 0 spiro atoms. The summed E-state index contributed by atoms with van der Waals surface area (Å²) in [5, 5.41) is 2.51. The molecule has 0 saturated carbocycles. The van der Waals surface area contributed by atoms with Gasteiger partial charge in [0.15, 0.2) is 0 Å². The number of nitrogens with zero attached hydrogens (tertiary/aromatic N) is 2. The average Bonchev–Trinajstić information content (AvgIpc) is 2.90. The molecule has 0 heterocycles. The topological polar surface area (TPSA) is 96.0 Å². The molecule has 1 atom stereocenters. The first-order valence-corrected chi connectivity index (χ1v) is 12.6. The second-order valence-electron chi connectivity index (χ2n) is 7.96. The van der Waals surface area contributed by atoms with Crippen molar-refractivity contribution in [1.29, 1.82) is 0 Å². The first-order chi connectivity index (χ1) is 17.2. The molecule has 0 saturated heterocycles. The van der Waals surface area contributed by atoms with E-state index in [9.17, 15) is 22.4 Å². The van der Waals surface area contributed by atoms with Crippen molar-refractivity contribution >= 4 is 27.5 Å². The highest BCUT2D eigenvalue weighted by molar-refractivity contribution is 7.92. The highest BCUT2D eigenvalue weighted by Crippen LogP contribution is 2.25. The van der Waals surface area contributed by atoms with E-state index in [0.717, 1.165) is 4.31 Å². The maximum atomic E-state index is 13.6. The van der Waals surface area contributed by atoms with Gasteiger partial charge in [0.25, 0.3) is 10.0 Å². The average molecular weight is 514 g/mol. The molecule has 190 valence electrons. The van der Waals surface area contributed by atoms with Crippen LogP contribution < -0.4 is 14.4 Å². The Balaban J connectivity index is 1.99. The Labute approximate surface area is 210 Å². The number of hydrogen-bond donors (Lipinski definition) is 1. The number of methoxy groups -OCH3 is 1. The van der Waals surface area contributed by atoms with Crippen molar-refractivity contribution in [3.05, 3.63) is 90.2 Å². The quantitative estimate of drug-likeness (QED) is 0.449. The van der Waals surface area contributed by atoms with Gasteiger partial charge < -0.3 is 15.0 Å². The minimum atomic E-state index is -4.16. The molecule has 0 bridgehead atoms. The maximum absolute atomic E-state index is 13.6. The third-order valence-corrected chi connectivity index (χ3v) is 7.44. The minimum absolute atomic E-state index is 0.0150. The van der Waals surface area contributed by atoms with Gasteiger partial charge in [-0.15, -0.1) is 0 Å². The molecule has 2 amide bonds. The summed E-state index contributed by atoms with van der Waals surface area (Å²) in [6, 6.07) is 18.7. The van der Waals surface area contributed by atoms with E-state index in [4.69, 9.17) is 4.74 Å². The fraction of sp³-hybridized carbons (Fsp3) is 0.231. The van der Waals surface area contributed by atoms with Gasteiger partial charge in [-0.2, -0.15) is 0 Å². The number of ether oxygens (including phenoxy) is 1. The van der Waals surface area contributed by atoms with Crippen LogP contribution in [0.25, 0.3) is 0 Å². The first kappa shape index (κ1) is 26.7. The standard InChI is InChI=1S/C26H28FN3O5S/c1-19(26(32)28-2)29(17-20-9-11-21(27)12-10-20)25(31)18-30(22-7-5-4-6-8-22)36(33,34)24-15-13-23(35-3)14-16-24/h4-16,19H,17-18H2,1-3H3,(H,28,32)/t19-/m1/s1. The van der Waals surface area contributed by atoms with E-state index in [-0.39, 0.29) is 17.1 Å². The van der Waals surface area contributed by atoms with Gasteiger partial charge in [0.1, 0.15) is 24.2 Å². The van der Waals surface area contributed by atoms with Gasteiger partial charge in [0.05, 0.1) is 17.7 Å². The lowest BCUT2D eigenvalue weighted by molar-refractivity contribution is -0.139. The number of benzene rings is 3. The van der Waals surface area contributed by atoms with E-state index in [1.165, 1.54) is 67.6 Å². The first-order valence-electron chi connectivity index (χ1n) is 11.1. The summed E-state index contributed by atoms with van der Waals surface area (Å²) < 4.78 is 46.8. The second kappa shape index (κ2) is 11.7. The normalized spacial score (nSPS) is 11.9. The van der Waals surface area contributed by atoms with Gasteiger partial charge in [0, 0.05) is 13.6 Å². The van der Waals surface area contributed by atoms with Crippen molar-refractivity contribution in [3.8, 4) is 5.75 Å². The number of carbonyl (C=O) groups is 2. The second-order valence-corrected chi connectivity index (χ2v) is 9.82. The van der Waals surface area contributed by atoms with Crippen LogP contribution in [-0.2, 0) is 26.2 Å². The molecule has 3 rings (SSSR count). The van der Waals surface area contributed by atoms with Crippen molar-refractivity contribution in [1.82, 2.24) is 10.2 Å². The number of amides is 2. The molecule has 0 aliphatic carbocycles. The largest absolute Gasteiger partial charge is 0.497 e. The van der Waals surface area contributed by atoms with Gasteiger partial charge in [-0.3, -0.25) is 13.9 Å². The molecular formula is C26H28FN3O5S. The summed E-state index contributed by atoms with van der Waals surface area (Å²) in [6.45, 7) is 0.977. The molecule has 8 nitrogen and oxygen atoms in total. The molecule has 36 heavy (non-hydrogen) atoms. The third kappa shape index (κ3) is 6.19. The molecule has 1 N–H and O–H groups in total. The molecular weight excluding hydrogens is 485 g/mol. The fourth-order valence-corrected chi connectivity index (χ4v) is 4.99. The van der Waals surface area contributed by atoms with Crippen LogP contribution in [0.15, 0.2) is 83.8 Å². The number of halogens is 1. The number of anilines is 1. The number of nitrogens with one attached hydrogen (secondary N) is 1. The maximum Gasteiger partial charge on any atom is 0.264 e. The van der Waals surface area contributed by atoms with Crippen LogP contribution in [0.4, 0.5) is 10.1 Å². The van der Waals surface area contributed by atoms with E-state index in [2.05, 4.69) is 5.32 Å². The SMILES string of the molecule is CNC(=O)[C@@H](C)N(Cc1ccc(F)cc1)C(=O)CN(c1ccccc1)S(=O)(=O)c1ccc(OC)cc1. The summed E-state index contributed by atoms with van der Waals surface area (Å²) in [6.07, 6.45) is 0. The van der Waals surface area contributed by atoms with Gasteiger partial charge in [-0.05, 0) is 61.0 Å². The molecule has 0 aliphatic rings. The third-order valence-electron chi connectivity index (χ3n) is 5.65. The fourth-order valence-electron chi connectivity index (χ4n) is 3.58. The van der Waals surface area contributed by atoms with Crippen LogP contribution in [0.1, 0.15) is 12.5 Å². The van der Waals surface area contributed by atoms with E-state index >= 15 is 0 Å². The van der Waals surface area contributed by atoms with Crippen LogP contribution in [0.3, 0.4) is 0 Å². The Bertz CT molecular complexity index is 1280. The van der Waals surface area contributed by atoms with Crippen molar-refractivity contribution < 1.29 is 27.1 Å². The van der Waals surface area contributed by atoms with E-state index < -0.39 is 40.2 Å². The Morgan fingerprint density at radius 3 is 2.14 bits per heavy atom. The van der Waals surface area contributed by atoms with Crippen molar-refractivity contribution in [2.45, 2.75) is 24.4 Å². The predicted molar refractivity (Wildman–Crippen MR) is 134 cm³/mol. The Hall–Kier alpha value is -3.92. The minimum Gasteiger partial charge on any atom is -0.497 e. The lowest BCUT2D eigenvalue weighted by atomic mass is 10.1. The van der Waals surface area contributed by atoms with Crippen LogP contribution in [0, 0.1) is 5.82 Å². The summed E-state index contributed by atoms with van der Waals surface area (Å²) in [5.74, 6) is -0.968. The zero-order valence-electron chi connectivity index (χ0n) is 20.2. The number of likely N-dealkylation sites (N-methyl/N-ethyl adjacent to an activating group) is 1. The van der Waals surface area contributed by atoms with Crippen LogP contribution >= 0.6 is 0 Å². The van der Waals surface area contributed by atoms with Gasteiger partial charge in [0.2, 0.25) is 11.8 Å². The molecule has 0 aromatic heterocycles. The number of para-hydroxylation sites is 1. The molecule has 0 radical (unpaired) electrons. The Kier molecular flexibility index (Phi) is 8.65. The molecule has 10 heteroatoms. The van der Waals surface area contributed by atoms with Crippen LogP contribution in [0.5, 0.6) is 5.75 Å². The number of rotatable bonds is 10. The van der Waals surface area contributed by atoms with E-state index in [0.29, 0.717) is 11.3 Å². The highest BCUT2D eigenvalue weighted by atomic mass is 32.2. The van der Waals surface area contributed by atoms with Crippen molar-refractivity contribution in [2.75, 3.05) is 25.0 Å². The monoisotopic (exact) mass is 513 g/mol. The zero-order chi connectivity index (χ0) is 26.3. The lowest BCUT2D eigenvalue weighted by Crippen LogP contribution is -2.50. The molecule has 0 unspecified atom stereocenters. The molecule has 0 aliphatic heterocycles. The zero-order valence-corrected chi connectivity index (χ0v) is 21.0. The molecule has 3 aromatic carbocycles. The highest BCUT2D eigenvalue weighted by Gasteiger charge is 2.32. The van der Waals surface area contributed by atoms with Gasteiger partial charge in [-0.1, -0.05) is 30.3 Å². The summed E-state index contributed by atoms with van der Waals surface area (Å²) in [5.41, 5.74) is 0.876. The molecule has 3 aromatic rings. The predicted octanol–water partition coefficient (Wildman–Crippen LogP) is 3.19. The van der Waals surface area contributed by atoms with Crippen molar-refractivity contribution in [2.24, 2.45) is 0 Å². The Morgan fingerprint density at radius 1 is 0.972 bits per heavy atom. The summed E-state index contributed by atoms with van der Waals surface area (Å²) in [4.78, 5) is 27.3. The van der Waals surface area contributed by atoms with E-state index in [1.54, 1.807) is 37.3 Å². The smallest absolute Gasteiger partial charge is 0.264 e. The van der Waals surface area contributed by atoms with Crippen LogP contribution in [-0.4, -0.2) is 51.9 Å². The lowest BCUT2D eigenvalue weighted by Gasteiger charge is -2.31. The molecule has 0 fully saturated rings. The Morgan fingerprint density at radius 2 is 1.58 bits per heavy atom. The van der Waals surface area contributed by atoms with Crippen molar-refractivity contribution in [3.63, 3.8) is 0 Å². The number of carbonyl (C=O) groups excluding carboxylic acids is 2. The van der Waals surface area contributed by atoms with Gasteiger partial charge in [-0.25, -0.2) is 12.8 Å². The van der Waals surface area contributed by atoms with Gasteiger partial charge >= 0.3 is 0 Å². The number of sulfonamides is 1. The summed E-state index contributed by atoms with van der Waals surface area (Å²) in [7, 11) is -1.24. The van der Waals surface area contributed by atoms with Crippen LogP contribution in [0.2, 0.25) is 0 Å². The van der Waals surface area contributed by atoms with E-state index in [1.807, 2.05) is 0 Å². The number of hydrogen-bond acceptors (Lipinski definition) is 5. The summed E-state index contributed by atoms with van der Waals surface area (Å²) >= 11 is 0.